The molecule has 0 unspecified atom stereocenters. The Labute approximate surface area is 94.2 Å². The Morgan fingerprint density at radius 3 is 2.56 bits per heavy atom. The molecule has 0 aliphatic rings. The molecular weight excluding hydrogens is 196 g/mol. The van der Waals surface area contributed by atoms with Crippen LogP contribution in [0, 0.1) is 6.92 Å². The number of pyridine rings is 1. The second kappa shape index (κ2) is 3.49. The van der Waals surface area contributed by atoms with Crippen LogP contribution in [-0.2, 0) is 0 Å². The summed E-state index contributed by atoms with van der Waals surface area (Å²) in [7, 11) is 0. The van der Waals surface area contributed by atoms with Crippen molar-refractivity contribution in [2.45, 2.75) is 6.92 Å². The highest BCUT2D eigenvalue weighted by molar-refractivity contribution is 5.66. The highest BCUT2D eigenvalue weighted by Crippen LogP contribution is 2.20. The molecular formula is C14H12N2. The molecule has 0 bridgehead atoms. The molecule has 0 N–H and O–H groups in total. The molecule has 0 spiro atoms. The van der Waals surface area contributed by atoms with Gasteiger partial charge in [-0.15, -0.1) is 0 Å². The molecule has 0 radical (unpaired) electrons. The average Bonchev–Trinajstić information content (AvgIpc) is 2.72. The number of hydrogen-bond acceptors (Lipinski definition) is 1. The number of benzene rings is 1. The molecule has 2 heterocycles. The van der Waals surface area contributed by atoms with Crippen LogP contribution in [0.15, 0.2) is 55.0 Å². The van der Waals surface area contributed by atoms with Gasteiger partial charge in [0.25, 0.3) is 0 Å². The monoisotopic (exact) mass is 208 g/mol. The van der Waals surface area contributed by atoms with Crippen LogP contribution in [0.3, 0.4) is 0 Å². The minimum atomic E-state index is 1.07. The summed E-state index contributed by atoms with van der Waals surface area (Å²) in [4.78, 5) is 4.29. The van der Waals surface area contributed by atoms with Crippen molar-refractivity contribution in [2.75, 3.05) is 0 Å². The van der Waals surface area contributed by atoms with Crippen molar-refractivity contribution < 1.29 is 0 Å². The van der Waals surface area contributed by atoms with E-state index in [1.165, 1.54) is 16.6 Å². The number of nitrogens with zero attached hydrogens (tertiary/aromatic N) is 2. The summed E-state index contributed by atoms with van der Waals surface area (Å²) in [5.74, 6) is 0. The van der Waals surface area contributed by atoms with Crippen LogP contribution in [0.4, 0.5) is 0 Å². The summed E-state index contributed by atoms with van der Waals surface area (Å²) in [6.45, 7) is 2.03. The number of fused-ring (bicyclic) bond motifs is 1. The maximum Gasteiger partial charge on any atom is 0.0995 e. The Morgan fingerprint density at radius 1 is 0.938 bits per heavy atom. The quantitative estimate of drug-likeness (QED) is 0.599. The van der Waals surface area contributed by atoms with Crippen LogP contribution in [0.5, 0.6) is 0 Å². The molecule has 0 saturated carbocycles. The molecule has 0 fully saturated rings. The Bertz CT molecular complexity index is 624. The minimum Gasteiger partial charge on any atom is -0.305 e. The Balaban J connectivity index is 2.19. The van der Waals surface area contributed by atoms with Gasteiger partial charge in [-0.1, -0.05) is 36.4 Å². The first-order valence-electron chi connectivity index (χ1n) is 5.33. The molecule has 0 aliphatic heterocycles. The lowest BCUT2D eigenvalue weighted by Gasteiger charge is -2.02. The van der Waals surface area contributed by atoms with Crippen LogP contribution in [0.1, 0.15) is 5.69 Å². The van der Waals surface area contributed by atoms with E-state index in [0.29, 0.717) is 0 Å². The standard InChI is InChI=1S/C14H12N2/c1-11-14-8-7-13(9-16(14)10-15-11)12-5-3-2-4-6-12/h2-10H,1H3. The van der Waals surface area contributed by atoms with E-state index >= 15 is 0 Å². The van der Waals surface area contributed by atoms with Gasteiger partial charge in [-0.2, -0.15) is 0 Å². The maximum absolute atomic E-state index is 4.29. The van der Waals surface area contributed by atoms with E-state index in [0.717, 1.165) is 5.69 Å². The van der Waals surface area contributed by atoms with Crippen LogP contribution in [-0.4, -0.2) is 9.38 Å². The first kappa shape index (κ1) is 9.16. The lowest BCUT2D eigenvalue weighted by Crippen LogP contribution is -1.85. The first-order valence-corrected chi connectivity index (χ1v) is 5.33. The molecule has 2 heteroatoms. The lowest BCUT2D eigenvalue weighted by molar-refractivity contribution is 1.15. The van der Waals surface area contributed by atoms with E-state index in [4.69, 9.17) is 0 Å². The smallest absolute Gasteiger partial charge is 0.0995 e. The van der Waals surface area contributed by atoms with E-state index in [1.54, 1.807) is 0 Å². The molecule has 1 aromatic carbocycles. The van der Waals surface area contributed by atoms with Crippen LogP contribution in [0.25, 0.3) is 16.6 Å². The van der Waals surface area contributed by atoms with Gasteiger partial charge in [0.2, 0.25) is 0 Å². The zero-order valence-corrected chi connectivity index (χ0v) is 9.09. The van der Waals surface area contributed by atoms with E-state index in [9.17, 15) is 0 Å². The number of aromatic nitrogens is 2. The van der Waals surface area contributed by atoms with Crippen molar-refractivity contribution in [3.63, 3.8) is 0 Å². The molecule has 78 valence electrons. The lowest BCUT2D eigenvalue weighted by atomic mass is 10.1. The fourth-order valence-electron chi connectivity index (χ4n) is 1.94. The van der Waals surface area contributed by atoms with E-state index < -0.39 is 0 Å². The Kier molecular flexibility index (Phi) is 2.00. The molecule has 3 rings (SSSR count). The van der Waals surface area contributed by atoms with Crippen LogP contribution < -0.4 is 0 Å². The first-order chi connectivity index (χ1) is 7.84. The van der Waals surface area contributed by atoms with Gasteiger partial charge in [-0.25, -0.2) is 4.98 Å². The van der Waals surface area contributed by atoms with Crippen LogP contribution in [0.2, 0.25) is 0 Å². The zero-order chi connectivity index (χ0) is 11.0. The average molecular weight is 208 g/mol. The van der Waals surface area contributed by atoms with Gasteiger partial charge in [0.1, 0.15) is 0 Å². The highest BCUT2D eigenvalue weighted by atomic mass is 15.0. The summed E-state index contributed by atoms with van der Waals surface area (Å²) < 4.78 is 2.07. The van der Waals surface area contributed by atoms with Gasteiger partial charge < -0.3 is 4.40 Å². The summed E-state index contributed by atoms with van der Waals surface area (Å²) >= 11 is 0. The minimum absolute atomic E-state index is 1.07. The number of imidazole rings is 1. The van der Waals surface area contributed by atoms with Gasteiger partial charge in [0, 0.05) is 6.20 Å². The fraction of sp³-hybridized carbons (Fsp3) is 0.0714. The summed E-state index contributed by atoms with van der Waals surface area (Å²) in [6, 6.07) is 14.6. The van der Waals surface area contributed by atoms with Crippen molar-refractivity contribution in [1.29, 1.82) is 0 Å². The van der Waals surface area contributed by atoms with Gasteiger partial charge >= 0.3 is 0 Å². The van der Waals surface area contributed by atoms with Crippen molar-refractivity contribution in [3.8, 4) is 11.1 Å². The Hall–Kier alpha value is -2.09. The zero-order valence-electron chi connectivity index (χ0n) is 9.09. The van der Waals surface area contributed by atoms with E-state index in [2.05, 4.69) is 52.0 Å². The molecule has 0 saturated heterocycles. The van der Waals surface area contributed by atoms with Gasteiger partial charge in [0.05, 0.1) is 17.5 Å². The van der Waals surface area contributed by atoms with Gasteiger partial charge in [-0.05, 0) is 24.1 Å². The maximum atomic E-state index is 4.29. The number of aryl methyl sites for hydroxylation is 1. The second-order valence-corrected chi connectivity index (χ2v) is 3.91. The predicted octanol–water partition coefficient (Wildman–Crippen LogP) is 3.31. The van der Waals surface area contributed by atoms with Gasteiger partial charge in [0.15, 0.2) is 0 Å². The third-order valence-corrected chi connectivity index (χ3v) is 2.83. The molecule has 16 heavy (non-hydrogen) atoms. The van der Waals surface area contributed by atoms with E-state index in [1.807, 2.05) is 19.3 Å². The normalized spacial score (nSPS) is 10.8. The molecule has 2 nitrogen and oxygen atoms in total. The van der Waals surface area contributed by atoms with Crippen molar-refractivity contribution >= 4 is 5.52 Å². The van der Waals surface area contributed by atoms with Gasteiger partial charge in [-0.3, -0.25) is 0 Å². The number of hydrogen-bond donors (Lipinski definition) is 0. The van der Waals surface area contributed by atoms with Crippen molar-refractivity contribution in [3.05, 3.63) is 60.7 Å². The number of rotatable bonds is 1. The third-order valence-electron chi connectivity index (χ3n) is 2.83. The van der Waals surface area contributed by atoms with Crippen molar-refractivity contribution in [2.24, 2.45) is 0 Å². The SMILES string of the molecule is Cc1ncn2cc(-c3ccccc3)ccc12. The highest BCUT2D eigenvalue weighted by Gasteiger charge is 2.01. The molecule has 0 amide bonds. The third kappa shape index (κ3) is 1.39. The fourth-order valence-corrected chi connectivity index (χ4v) is 1.94. The summed E-state index contributed by atoms with van der Waals surface area (Å²) in [6.07, 6.45) is 3.97. The molecule has 0 atom stereocenters. The molecule has 0 aliphatic carbocycles. The van der Waals surface area contributed by atoms with Crippen molar-refractivity contribution in [1.82, 2.24) is 9.38 Å². The van der Waals surface area contributed by atoms with E-state index in [-0.39, 0.29) is 0 Å². The largest absolute Gasteiger partial charge is 0.305 e. The molecule has 3 aromatic rings. The topological polar surface area (TPSA) is 17.3 Å². The van der Waals surface area contributed by atoms with Crippen LogP contribution >= 0.6 is 0 Å². The second-order valence-electron chi connectivity index (χ2n) is 3.91. The summed E-state index contributed by atoms with van der Waals surface area (Å²) in [5, 5.41) is 0. The Morgan fingerprint density at radius 2 is 1.75 bits per heavy atom. The summed E-state index contributed by atoms with van der Waals surface area (Å²) in [5.41, 5.74) is 4.68. The predicted molar refractivity (Wildman–Crippen MR) is 65.4 cm³/mol. The molecule has 2 aromatic heterocycles.